The number of hydrogen-bond acceptors (Lipinski definition) is 1. The maximum Gasteiger partial charge on any atom is 0.199 e. The summed E-state index contributed by atoms with van der Waals surface area (Å²) >= 11 is 3.23. The minimum Gasteiger partial charge on any atom is -0.288 e. The van der Waals surface area contributed by atoms with E-state index >= 15 is 0 Å². The highest BCUT2D eigenvalue weighted by Gasteiger charge is 2.21. The van der Waals surface area contributed by atoms with Gasteiger partial charge in [-0.1, -0.05) is 15.9 Å². The number of carbonyl (C=O) groups is 1. The first-order valence-corrected chi connectivity index (χ1v) is 6.15. The number of halogens is 4. The topological polar surface area (TPSA) is 17.1 Å². The van der Waals surface area contributed by atoms with E-state index in [9.17, 15) is 18.0 Å². The molecule has 2 rings (SSSR count). The summed E-state index contributed by atoms with van der Waals surface area (Å²) in [5.74, 6) is -4.27. The Morgan fingerprint density at radius 1 is 1.05 bits per heavy atom. The van der Waals surface area contributed by atoms with Gasteiger partial charge in [0, 0.05) is 22.2 Å². The molecule has 0 aliphatic heterocycles. The van der Waals surface area contributed by atoms with Gasteiger partial charge >= 0.3 is 0 Å². The first-order valence-electron chi connectivity index (χ1n) is 5.35. The second-order valence-electron chi connectivity index (χ2n) is 4.03. The van der Waals surface area contributed by atoms with Crippen LogP contribution in [0.25, 0.3) is 0 Å². The number of carbonyl (C=O) groups excluding carboxylic acids is 1. The molecule has 2 aromatic rings. The Kier molecular flexibility index (Phi) is 3.75. The SMILES string of the molecule is Cc1cc(Br)ccc1C(=O)c1c(F)cc(F)cc1F. The normalized spacial score (nSPS) is 10.6. The van der Waals surface area contributed by atoms with Gasteiger partial charge in [0.05, 0.1) is 5.56 Å². The summed E-state index contributed by atoms with van der Waals surface area (Å²) < 4.78 is 40.7. The van der Waals surface area contributed by atoms with Crippen molar-refractivity contribution >= 4 is 21.7 Å². The fraction of sp³-hybridized carbons (Fsp3) is 0.0714. The van der Waals surface area contributed by atoms with E-state index in [1.165, 1.54) is 6.07 Å². The minimum atomic E-state index is -1.20. The lowest BCUT2D eigenvalue weighted by Crippen LogP contribution is -2.09. The van der Waals surface area contributed by atoms with E-state index < -0.39 is 28.8 Å². The van der Waals surface area contributed by atoms with Crippen molar-refractivity contribution in [3.63, 3.8) is 0 Å². The summed E-state index contributed by atoms with van der Waals surface area (Å²) in [6.07, 6.45) is 0. The molecule has 0 saturated carbocycles. The van der Waals surface area contributed by atoms with Crippen molar-refractivity contribution in [2.45, 2.75) is 6.92 Å². The highest BCUT2D eigenvalue weighted by Crippen LogP contribution is 2.22. The van der Waals surface area contributed by atoms with Gasteiger partial charge in [0.15, 0.2) is 5.78 Å². The average Bonchev–Trinajstić information content (AvgIpc) is 2.26. The van der Waals surface area contributed by atoms with Crippen molar-refractivity contribution in [3.05, 3.63) is 68.9 Å². The monoisotopic (exact) mass is 328 g/mol. The molecule has 0 fully saturated rings. The Morgan fingerprint density at radius 2 is 1.63 bits per heavy atom. The van der Waals surface area contributed by atoms with Crippen LogP contribution in [0.15, 0.2) is 34.8 Å². The third kappa shape index (κ3) is 2.71. The standard InChI is InChI=1S/C14H8BrF3O/c1-7-4-8(15)2-3-10(7)14(19)13-11(17)5-9(16)6-12(13)18/h2-6H,1H3. The number of hydrogen-bond donors (Lipinski definition) is 0. The highest BCUT2D eigenvalue weighted by molar-refractivity contribution is 9.10. The largest absolute Gasteiger partial charge is 0.288 e. The van der Waals surface area contributed by atoms with E-state index in [0.717, 1.165) is 4.47 Å². The second-order valence-corrected chi connectivity index (χ2v) is 4.95. The minimum absolute atomic E-state index is 0.174. The van der Waals surface area contributed by atoms with Gasteiger partial charge < -0.3 is 0 Å². The number of rotatable bonds is 2. The van der Waals surface area contributed by atoms with E-state index in [1.54, 1.807) is 19.1 Å². The zero-order valence-corrected chi connectivity index (χ0v) is 11.4. The summed E-state index contributed by atoms with van der Waals surface area (Å²) in [6, 6.07) is 5.70. The van der Waals surface area contributed by atoms with E-state index in [0.29, 0.717) is 17.7 Å². The molecule has 0 aromatic heterocycles. The lowest BCUT2D eigenvalue weighted by Gasteiger charge is -2.07. The molecule has 19 heavy (non-hydrogen) atoms. The van der Waals surface area contributed by atoms with Crippen molar-refractivity contribution in [2.75, 3.05) is 0 Å². The quantitative estimate of drug-likeness (QED) is 0.746. The third-order valence-corrected chi connectivity index (χ3v) is 3.16. The van der Waals surface area contributed by atoms with Crippen LogP contribution in [0.5, 0.6) is 0 Å². The van der Waals surface area contributed by atoms with Crippen LogP contribution in [0.2, 0.25) is 0 Å². The summed E-state index contributed by atoms with van der Waals surface area (Å²) in [6.45, 7) is 1.65. The highest BCUT2D eigenvalue weighted by atomic mass is 79.9. The van der Waals surface area contributed by atoms with Crippen LogP contribution in [0.1, 0.15) is 21.5 Å². The molecular weight excluding hydrogens is 321 g/mol. The second kappa shape index (κ2) is 5.17. The van der Waals surface area contributed by atoms with Gasteiger partial charge in [0.25, 0.3) is 0 Å². The average molecular weight is 329 g/mol. The van der Waals surface area contributed by atoms with E-state index in [1.807, 2.05) is 0 Å². The number of benzene rings is 2. The molecule has 5 heteroatoms. The van der Waals surface area contributed by atoms with Gasteiger partial charge in [-0.3, -0.25) is 4.79 Å². The maximum absolute atomic E-state index is 13.5. The van der Waals surface area contributed by atoms with Crippen LogP contribution in [-0.4, -0.2) is 5.78 Å². The smallest absolute Gasteiger partial charge is 0.199 e. The van der Waals surface area contributed by atoms with Crippen LogP contribution in [0.3, 0.4) is 0 Å². The van der Waals surface area contributed by atoms with Crippen molar-refractivity contribution in [1.29, 1.82) is 0 Å². The zero-order chi connectivity index (χ0) is 14.2. The predicted molar refractivity (Wildman–Crippen MR) is 68.6 cm³/mol. The molecule has 98 valence electrons. The molecule has 1 nitrogen and oxygen atoms in total. The lowest BCUT2D eigenvalue weighted by atomic mass is 9.98. The molecule has 0 saturated heterocycles. The molecule has 0 spiro atoms. The van der Waals surface area contributed by atoms with Crippen molar-refractivity contribution in [2.24, 2.45) is 0 Å². The Morgan fingerprint density at radius 3 is 2.16 bits per heavy atom. The Labute approximate surface area is 116 Å². The number of aryl methyl sites for hydroxylation is 1. The zero-order valence-electron chi connectivity index (χ0n) is 9.81. The molecule has 0 atom stereocenters. The molecular formula is C14H8BrF3O. The summed E-state index contributed by atoms with van der Waals surface area (Å²) in [5, 5.41) is 0. The fourth-order valence-corrected chi connectivity index (χ4v) is 2.25. The Hall–Kier alpha value is -1.62. The Balaban J connectivity index is 2.56. The van der Waals surface area contributed by atoms with Crippen LogP contribution in [0, 0.1) is 24.4 Å². The third-order valence-electron chi connectivity index (χ3n) is 2.67. The summed E-state index contributed by atoms with van der Waals surface area (Å²) in [7, 11) is 0. The molecule has 0 bridgehead atoms. The van der Waals surface area contributed by atoms with Crippen molar-refractivity contribution < 1.29 is 18.0 Å². The van der Waals surface area contributed by atoms with Gasteiger partial charge in [-0.05, 0) is 30.7 Å². The van der Waals surface area contributed by atoms with E-state index in [2.05, 4.69) is 15.9 Å². The summed E-state index contributed by atoms with van der Waals surface area (Å²) in [4.78, 5) is 12.1. The molecule has 0 aliphatic carbocycles. The molecule has 0 heterocycles. The van der Waals surface area contributed by atoms with Gasteiger partial charge in [0.1, 0.15) is 17.5 Å². The molecule has 0 N–H and O–H groups in total. The first-order chi connectivity index (χ1) is 8.90. The lowest BCUT2D eigenvalue weighted by molar-refractivity contribution is 0.103. The molecule has 0 aliphatic rings. The molecule has 0 radical (unpaired) electrons. The van der Waals surface area contributed by atoms with Gasteiger partial charge in [-0.2, -0.15) is 0 Å². The molecule has 0 unspecified atom stereocenters. The molecule has 2 aromatic carbocycles. The van der Waals surface area contributed by atoms with Crippen LogP contribution < -0.4 is 0 Å². The van der Waals surface area contributed by atoms with Crippen molar-refractivity contribution in [3.8, 4) is 0 Å². The number of ketones is 1. The fourth-order valence-electron chi connectivity index (χ4n) is 1.78. The van der Waals surface area contributed by atoms with E-state index in [4.69, 9.17) is 0 Å². The predicted octanol–water partition coefficient (Wildman–Crippen LogP) is 4.41. The van der Waals surface area contributed by atoms with Crippen LogP contribution in [0.4, 0.5) is 13.2 Å². The van der Waals surface area contributed by atoms with Crippen LogP contribution >= 0.6 is 15.9 Å². The maximum atomic E-state index is 13.5. The Bertz CT molecular complexity index is 645. The van der Waals surface area contributed by atoms with Gasteiger partial charge in [0.2, 0.25) is 0 Å². The first kappa shape index (κ1) is 13.8. The molecule has 0 amide bonds. The van der Waals surface area contributed by atoms with Crippen LogP contribution in [-0.2, 0) is 0 Å². The van der Waals surface area contributed by atoms with Crippen molar-refractivity contribution in [1.82, 2.24) is 0 Å². The summed E-state index contributed by atoms with van der Waals surface area (Å²) in [5.41, 5.74) is 0.00179. The van der Waals surface area contributed by atoms with Gasteiger partial charge in [-0.15, -0.1) is 0 Å². The van der Waals surface area contributed by atoms with Gasteiger partial charge in [-0.25, -0.2) is 13.2 Å². The van der Waals surface area contributed by atoms with E-state index in [-0.39, 0.29) is 5.56 Å².